The first-order valence-corrected chi connectivity index (χ1v) is 5.07. The summed E-state index contributed by atoms with van der Waals surface area (Å²) in [5, 5.41) is 21.8. The first-order valence-electron chi connectivity index (χ1n) is 5.07. The lowest BCUT2D eigenvalue weighted by molar-refractivity contribution is 0.687. The second kappa shape index (κ2) is 4.50. The third kappa shape index (κ3) is 2.16. The van der Waals surface area contributed by atoms with Crippen molar-refractivity contribution < 1.29 is 0 Å². The third-order valence-corrected chi connectivity index (χ3v) is 2.45. The molecule has 0 atom stereocenters. The molecule has 6 heteroatoms. The van der Waals surface area contributed by atoms with E-state index >= 15 is 0 Å². The van der Waals surface area contributed by atoms with E-state index in [9.17, 15) is 0 Å². The predicted molar refractivity (Wildman–Crippen MR) is 58.6 cm³/mol. The molecule has 0 N–H and O–H groups in total. The first kappa shape index (κ1) is 10.9. The van der Waals surface area contributed by atoms with Crippen LogP contribution in [0.1, 0.15) is 17.0 Å². The van der Waals surface area contributed by atoms with Crippen molar-refractivity contribution in [1.82, 2.24) is 19.3 Å². The summed E-state index contributed by atoms with van der Waals surface area (Å²) < 4.78 is 3.42. The van der Waals surface area contributed by atoms with Crippen LogP contribution in [-0.2, 0) is 20.0 Å². The van der Waals surface area contributed by atoms with E-state index in [4.69, 9.17) is 10.5 Å². The summed E-state index contributed by atoms with van der Waals surface area (Å²) in [6, 6.07) is 3.89. The van der Waals surface area contributed by atoms with E-state index in [0.29, 0.717) is 12.2 Å². The molecule has 17 heavy (non-hydrogen) atoms. The van der Waals surface area contributed by atoms with Crippen LogP contribution < -0.4 is 0 Å². The lowest BCUT2D eigenvalue weighted by Crippen LogP contribution is -2.02. The maximum absolute atomic E-state index is 8.94. The van der Waals surface area contributed by atoms with Crippen LogP contribution in [0.25, 0.3) is 0 Å². The minimum absolute atomic E-state index is 0.179. The van der Waals surface area contributed by atoms with Gasteiger partial charge in [-0.05, 0) is 12.0 Å². The van der Waals surface area contributed by atoms with Gasteiger partial charge in [-0.15, -0.1) is 0 Å². The van der Waals surface area contributed by atoms with E-state index in [-0.39, 0.29) is 5.69 Å². The van der Waals surface area contributed by atoms with Gasteiger partial charge < -0.3 is 4.57 Å². The van der Waals surface area contributed by atoms with Crippen LogP contribution >= 0.6 is 0 Å². The largest absolute Gasteiger partial charge is 0.321 e. The van der Waals surface area contributed by atoms with Crippen molar-refractivity contribution in [2.24, 2.45) is 7.05 Å². The SMILES string of the molecule is Cn1cc(CCn2cnc(C#N)c2C#N)cn1. The quantitative estimate of drug-likeness (QED) is 0.767. The molecule has 2 aromatic rings. The lowest BCUT2D eigenvalue weighted by Gasteiger charge is -2.01. The molecule has 0 bridgehead atoms. The number of aryl methyl sites for hydroxylation is 3. The average molecular weight is 226 g/mol. The van der Waals surface area contributed by atoms with Crippen molar-refractivity contribution in [2.75, 3.05) is 0 Å². The van der Waals surface area contributed by atoms with Gasteiger partial charge >= 0.3 is 0 Å². The zero-order chi connectivity index (χ0) is 12.3. The molecule has 2 aromatic heterocycles. The molecule has 6 nitrogen and oxygen atoms in total. The van der Waals surface area contributed by atoms with Crippen molar-refractivity contribution >= 4 is 0 Å². The Bertz CT molecular complexity index is 607. The van der Waals surface area contributed by atoms with E-state index in [0.717, 1.165) is 12.0 Å². The van der Waals surface area contributed by atoms with Gasteiger partial charge in [0.1, 0.15) is 12.1 Å². The van der Waals surface area contributed by atoms with Crippen molar-refractivity contribution in [3.63, 3.8) is 0 Å². The molecule has 0 spiro atoms. The monoisotopic (exact) mass is 226 g/mol. The van der Waals surface area contributed by atoms with Gasteiger partial charge in [-0.1, -0.05) is 0 Å². The summed E-state index contributed by atoms with van der Waals surface area (Å²) in [6.07, 6.45) is 5.99. The predicted octanol–water partition coefficient (Wildman–Crippen LogP) is 0.603. The van der Waals surface area contributed by atoms with Gasteiger partial charge in [0.15, 0.2) is 11.4 Å². The van der Waals surface area contributed by atoms with Gasteiger partial charge in [0.05, 0.1) is 12.5 Å². The summed E-state index contributed by atoms with van der Waals surface area (Å²) >= 11 is 0. The molecule has 0 aliphatic rings. The fraction of sp³-hybridized carbons (Fsp3) is 0.273. The zero-order valence-corrected chi connectivity index (χ0v) is 9.33. The Hall–Kier alpha value is -2.60. The molecule has 0 aliphatic carbocycles. The van der Waals surface area contributed by atoms with Gasteiger partial charge in [0.2, 0.25) is 0 Å². The molecule has 0 radical (unpaired) electrons. The van der Waals surface area contributed by atoms with Crippen molar-refractivity contribution in [2.45, 2.75) is 13.0 Å². The highest BCUT2D eigenvalue weighted by molar-refractivity contribution is 5.36. The number of nitriles is 2. The minimum atomic E-state index is 0.179. The summed E-state index contributed by atoms with van der Waals surface area (Å²) in [5.74, 6) is 0. The van der Waals surface area contributed by atoms with Gasteiger partial charge in [0, 0.05) is 19.8 Å². The summed E-state index contributed by atoms with van der Waals surface area (Å²) in [7, 11) is 1.86. The molecular formula is C11H10N6. The average Bonchev–Trinajstić information content (AvgIpc) is 2.91. The number of rotatable bonds is 3. The topological polar surface area (TPSA) is 83.2 Å². The molecule has 0 fully saturated rings. The molecule has 2 heterocycles. The van der Waals surface area contributed by atoms with Crippen molar-refractivity contribution in [3.8, 4) is 12.1 Å². The summed E-state index contributed by atoms with van der Waals surface area (Å²) in [6.45, 7) is 0.614. The molecule has 2 rings (SSSR count). The van der Waals surface area contributed by atoms with Crippen LogP contribution in [0.5, 0.6) is 0 Å². The highest BCUT2D eigenvalue weighted by Gasteiger charge is 2.09. The third-order valence-electron chi connectivity index (χ3n) is 2.45. The molecule has 84 valence electrons. The number of aromatic nitrogens is 4. The van der Waals surface area contributed by atoms with Crippen LogP contribution in [0.4, 0.5) is 0 Å². The second-order valence-electron chi connectivity index (χ2n) is 3.63. The van der Waals surface area contributed by atoms with E-state index in [1.807, 2.05) is 25.4 Å². The summed E-state index contributed by atoms with van der Waals surface area (Å²) in [4.78, 5) is 3.88. The Morgan fingerprint density at radius 3 is 2.76 bits per heavy atom. The van der Waals surface area contributed by atoms with E-state index in [1.54, 1.807) is 15.4 Å². The van der Waals surface area contributed by atoms with Crippen LogP contribution in [-0.4, -0.2) is 19.3 Å². The Balaban J connectivity index is 2.13. The highest BCUT2D eigenvalue weighted by Crippen LogP contribution is 2.07. The van der Waals surface area contributed by atoms with Gasteiger partial charge in [-0.25, -0.2) is 4.98 Å². The molecule has 0 saturated heterocycles. The van der Waals surface area contributed by atoms with Crippen molar-refractivity contribution in [1.29, 1.82) is 10.5 Å². The van der Waals surface area contributed by atoms with Gasteiger partial charge in [0.25, 0.3) is 0 Å². The number of hydrogen-bond donors (Lipinski definition) is 0. The minimum Gasteiger partial charge on any atom is -0.321 e. The summed E-state index contributed by atoms with van der Waals surface area (Å²) in [5.41, 5.74) is 1.58. The second-order valence-corrected chi connectivity index (χ2v) is 3.63. The maximum atomic E-state index is 8.94. The zero-order valence-electron chi connectivity index (χ0n) is 9.33. The number of imidazole rings is 1. The molecule has 0 aromatic carbocycles. The Labute approximate surface area is 98.3 Å². The lowest BCUT2D eigenvalue weighted by atomic mass is 10.2. The Kier molecular flexibility index (Phi) is 2.89. The Morgan fingerprint density at radius 1 is 1.35 bits per heavy atom. The van der Waals surface area contributed by atoms with Crippen LogP contribution in [0.2, 0.25) is 0 Å². The normalized spacial score (nSPS) is 9.82. The first-order chi connectivity index (χ1) is 8.24. The molecular weight excluding hydrogens is 216 g/mol. The maximum Gasteiger partial charge on any atom is 0.176 e. The fourth-order valence-corrected chi connectivity index (χ4v) is 1.60. The fourth-order valence-electron chi connectivity index (χ4n) is 1.60. The number of hydrogen-bond acceptors (Lipinski definition) is 4. The van der Waals surface area contributed by atoms with Gasteiger partial charge in [-0.2, -0.15) is 15.6 Å². The Morgan fingerprint density at radius 2 is 2.18 bits per heavy atom. The molecule has 0 amide bonds. The van der Waals surface area contributed by atoms with Gasteiger partial charge in [-0.3, -0.25) is 4.68 Å². The standard InChI is InChI=1S/C11H10N6/c1-16-7-9(6-15-16)2-3-17-8-14-10(4-12)11(17)5-13/h6-8H,2-3H2,1H3. The molecule has 0 aliphatic heterocycles. The van der Waals surface area contributed by atoms with Crippen LogP contribution in [0, 0.1) is 22.7 Å². The van der Waals surface area contributed by atoms with Crippen LogP contribution in [0.3, 0.4) is 0 Å². The van der Waals surface area contributed by atoms with E-state index in [2.05, 4.69) is 10.1 Å². The molecule has 0 unspecified atom stereocenters. The van der Waals surface area contributed by atoms with E-state index < -0.39 is 0 Å². The molecule has 0 saturated carbocycles. The highest BCUT2D eigenvalue weighted by atomic mass is 15.2. The van der Waals surface area contributed by atoms with E-state index in [1.165, 1.54) is 6.33 Å². The van der Waals surface area contributed by atoms with Crippen LogP contribution in [0.15, 0.2) is 18.7 Å². The smallest absolute Gasteiger partial charge is 0.176 e. The van der Waals surface area contributed by atoms with Crippen molar-refractivity contribution in [3.05, 3.63) is 35.7 Å². The number of nitrogens with zero attached hydrogens (tertiary/aromatic N) is 6.